The lowest BCUT2D eigenvalue weighted by atomic mass is 10.0. The van der Waals surface area contributed by atoms with Crippen molar-refractivity contribution >= 4 is 17.9 Å². The smallest absolute Gasteiger partial charge is 0.306 e. The molecule has 0 bridgehead atoms. The molecule has 0 radical (unpaired) electrons. The Morgan fingerprint density at radius 1 is 0.492 bits per heavy atom. The molecule has 0 N–H and O–H groups in total. The number of carbonyl (C=O) groups excluding carboxylic acids is 3. The van der Waals surface area contributed by atoms with E-state index in [0.29, 0.717) is 17.4 Å². The molecule has 0 spiro atoms. The second kappa shape index (κ2) is 45.6. The third-order valence-electron chi connectivity index (χ3n) is 10.7. The molecule has 2 atom stereocenters. The molecule has 0 aliphatic carbocycles. The molecular formula is C54H95NO8. The zero-order valence-electron chi connectivity index (χ0n) is 41.2. The highest BCUT2D eigenvalue weighted by molar-refractivity contribution is 5.70. The number of rotatable bonds is 46. The topological polar surface area (TPSA) is 111 Å². The van der Waals surface area contributed by atoms with Crippen LogP contribution in [0.2, 0.25) is 0 Å². The Bertz CT molecular complexity index is 1220. The molecule has 9 nitrogen and oxygen atoms in total. The number of aliphatic carboxylic acids is 1. The zero-order chi connectivity index (χ0) is 46.3. The molecule has 0 aromatic carbocycles. The molecule has 0 saturated heterocycles. The average Bonchev–Trinajstić information content (AvgIpc) is 3.24. The first-order valence-electron chi connectivity index (χ1n) is 25.4. The number of allylic oxidation sites excluding steroid dienone is 10. The standard InChI is InChI=1S/C54H95NO8/c1-6-8-10-12-14-16-18-19-20-21-22-23-24-25-26-27-28-29-30-31-32-33-35-37-39-41-43-45-52(57)63-50(49-62-54(53(58)59)60-47-46-55(3,4)5)48-61-51(56)44-42-40-38-36-34-17-15-13-11-9-7-2/h8,10,13-16,19-20,22-23,50,54H,6-7,9,11-12,17-18,21,24-49H2,1-5H3/b10-8-,15-13-,16-14-,20-19-,23-22-. The first-order chi connectivity index (χ1) is 30.6. The second-order valence-corrected chi connectivity index (χ2v) is 18.1. The molecule has 0 aliphatic rings. The maximum atomic E-state index is 12.8. The van der Waals surface area contributed by atoms with E-state index in [1.165, 1.54) is 83.5 Å². The van der Waals surface area contributed by atoms with Gasteiger partial charge in [0.1, 0.15) is 13.2 Å². The molecule has 2 unspecified atom stereocenters. The van der Waals surface area contributed by atoms with Crippen molar-refractivity contribution in [2.24, 2.45) is 0 Å². The lowest BCUT2D eigenvalue weighted by molar-refractivity contribution is -0.870. The summed E-state index contributed by atoms with van der Waals surface area (Å²) in [6.07, 6.45) is 52.7. The monoisotopic (exact) mass is 886 g/mol. The number of carboxylic acid groups (broad SMARTS) is 1. The summed E-state index contributed by atoms with van der Waals surface area (Å²) in [5.41, 5.74) is 0. The number of ether oxygens (including phenoxy) is 4. The Labute approximate surface area is 386 Å². The van der Waals surface area contributed by atoms with Crippen LogP contribution in [0.25, 0.3) is 0 Å². The first kappa shape index (κ1) is 60.0. The predicted molar refractivity (Wildman–Crippen MR) is 260 cm³/mol. The summed E-state index contributed by atoms with van der Waals surface area (Å²) >= 11 is 0. The zero-order valence-corrected chi connectivity index (χ0v) is 41.2. The van der Waals surface area contributed by atoms with Crippen LogP contribution >= 0.6 is 0 Å². The molecule has 0 fully saturated rings. The van der Waals surface area contributed by atoms with Crippen LogP contribution in [0.4, 0.5) is 0 Å². The van der Waals surface area contributed by atoms with E-state index in [4.69, 9.17) is 18.9 Å². The number of likely N-dealkylation sites (N-methyl/N-ethyl adjacent to an activating group) is 1. The maximum Gasteiger partial charge on any atom is 0.306 e. The Morgan fingerprint density at radius 2 is 0.905 bits per heavy atom. The van der Waals surface area contributed by atoms with Crippen LogP contribution in [0.5, 0.6) is 0 Å². The molecule has 364 valence electrons. The average molecular weight is 886 g/mol. The second-order valence-electron chi connectivity index (χ2n) is 18.1. The van der Waals surface area contributed by atoms with Gasteiger partial charge in [-0.1, -0.05) is 184 Å². The van der Waals surface area contributed by atoms with Crippen molar-refractivity contribution in [3.05, 3.63) is 60.8 Å². The van der Waals surface area contributed by atoms with E-state index >= 15 is 0 Å². The third kappa shape index (κ3) is 46.8. The molecule has 0 amide bonds. The van der Waals surface area contributed by atoms with Crippen molar-refractivity contribution in [2.75, 3.05) is 47.5 Å². The Kier molecular flexibility index (Phi) is 43.4. The number of nitrogens with zero attached hydrogens (tertiary/aromatic N) is 1. The SMILES string of the molecule is CC/C=C\C/C=C\C/C=C\C/C=C\CCCCCCCCCCCCCCCCC(=O)OC(COC(=O)CCCCCCC/C=C\CCCC)COC(OCC[N+](C)(C)C)C(=O)[O-]. The summed E-state index contributed by atoms with van der Waals surface area (Å²) in [5.74, 6) is -2.30. The van der Waals surface area contributed by atoms with Crippen molar-refractivity contribution < 1.29 is 42.9 Å². The van der Waals surface area contributed by atoms with Gasteiger partial charge in [0.2, 0.25) is 0 Å². The van der Waals surface area contributed by atoms with Crippen LogP contribution < -0.4 is 5.11 Å². The summed E-state index contributed by atoms with van der Waals surface area (Å²) < 4.78 is 22.6. The summed E-state index contributed by atoms with van der Waals surface area (Å²) in [6.45, 7) is 4.58. The lowest BCUT2D eigenvalue weighted by Gasteiger charge is -2.26. The van der Waals surface area contributed by atoms with Crippen LogP contribution in [0.1, 0.15) is 206 Å². The van der Waals surface area contributed by atoms with E-state index < -0.39 is 24.3 Å². The van der Waals surface area contributed by atoms with Crippen molar-refractivity contribution in [1.82, 2.24) is 0 Å². The minimum absolute atomic E-state index is 0.145. The maximum absolute atomic E-state index is 12.8. The van der Waals surface area contributed by atoms with Crippen molar-refractivity contribution in [3.8, 4) is 0 Å². The Morgan fingerprint density at radius 3 is 1.37 bits per heavy atom. The Hall–Kier alpha value is -3.01. The number of hydrogen-bond donors (Lipinski definition) is 0. The van der Waals surface area contributed by atoms with Gasteiger partial charge in [-0.15, -0.1) is 0 Å². The van der Waals surface area contributed by atoms with Gasteiger partial charge in [-0.2, -0.15) is 0 Å². The van der Waals surface area contributed by atoms with Gasteiger partial charge in [0.25, 0.3) is 0 Å². The van der Waals surface area contributed by atoms with Gasteiger partial charge >= 0.3 is 11.9 Å². The summed E-state index contributed by atoms with van der Waals surface area (Å²) in [6, 6.07) is 0. The third-order valence-corrected chi connectivity index (χ3v) is 10.7. The number of esters is 2. The normalized spacial score (nSPS) is 13.3. The molecule has 0 aromatic heterocycles. The van der Waals surface area contributed by atoms with Crippen LogP contribution in [-0.4, -0.2) is 82.3 Å². The Balaban J connectivity index is 4.21. The van der Waals surface area contributed by atoms with Crippen LogP contribution in [-0.2, 0) is 33.3 Å². The number of hydrogen-bond acceptors (Lipinski definition) is 8. The minimum atomic E-state index is -1.62. The van der Waals surface area contributed by atoms with Gasteiger partial charge in [-0.05, 0) is 70.6 Å². The largest absolute Gasteiger partial charge is 0.545 e. The van der Waals surface area contributed by atoms with Crippen LogP contribution in [0.3, 0.4) is 0 Å². The summed E-state index contributed by atoms with van der Waals surface area (Å²) in [7, 11) is 5.91. The quantitative estimate of drug-likeness (QED) is 0.0195. The fraction of sp³-hybridized carbons (Fsp3) is 0.759. The van der Waals surface area contributed by atoms with E-state index in [2.05, 4.69) is 74.6 Å². The van der Waals surface area contributed by atoms with Gasteiger partial charge in [0, 0.05) is 12.8 Å². The number of carbonyl (C=O) groups is 3. The first-order valence-corrected chi connectivity index (χ1v) is 25.4. The van der Waals surface area contributed by atoms with Gasteiger partial charge < -0.3 is 33.3 Å². The van der Waals surface area contributed by atoms with E-state index in [0.717, 1.165) is 89.9 Å². The highest BCUT2D eigenvalue weighted by atomic mass is 16.7. The van der Waals surface area contributed by atoms with Gasteiger partial charge in [-0.3, -0.25) is 9.59 Å². The predicted octanol–water partition coefficient (Wildman–Crippen LogP) is 12.8. The number of quaternary nitrogens is 1. The van der Waals surface area contributed by atoms with Crippen LogP contribution in [0, 0.1) is 0 Å². The fourth-order valence-electron chi connectivity index (χ4n) is 6.80. The van der Waals surface area contributed by atoms with Crippen LogP contribution in [0.15, 0.2) is 60.8 Å². The van der Waals surface area contributed by atoms with Crippen molar-refractivity contribution in [3.63, 3.8) is 0 Å². The summed E-state index contributed by atoms with van der Waals surface area (Å²) in [4.78, 5) is 37.0. The van der Waals surface area contributed by atoms with Gasteiger partial charge in [-0.25, -0.2) is 0 Å². The molecule has 0 aromatic rings. The highest BCUT2D eigenvalue weighted by Crippen LogP contribution is 2.15. The van der Waals surface area contributed by atoms with Gasteiger partial charge in [0.15, 0.2) is 12.4 Å². The van der Waals surface area contributed by atoms with Crippen molar-refractivity contribution in [2.45, 2.75) is 219 Å². The molecular weight excluding hydrogens is 791 g/mol. The molecule has 0 aliphatic heterocycles. The fourth-order valence-corrected chi connectivity index (χ4v) is 6.80. The molecule has 0 saturated carbocycles. The molecule has 9 heteroatoms. The van der Waals surface area contributed by atoms with E-state index in [1.807, 2.05) is 21.1 Å². The molecule has 0 rings (SSSR count). The summed E-state index contributed by atoms with van der Waals surface area (Å²) in [5, 5.41) is 11.7. The minimum Gasteiger partial charge on any atom is -0.545 e. The highest BCUT2D eigenvalue weighted by Gasteiger charge is 2.21. The van der Waals surface area contributed by atoms with E-state index in [9.17, 15) is 19.5 Å². The van der Waals surface area contributed by atoms with E-state index in [-0.39, 0.29) is 38.6 Å². The van der Waals surface area contributed by atoms with E-state index in [1.54, 1.807) is 0 Å². The van der Waals surface area contributed by atoms with Gasteiger partial charge in [0.05, 0.1) is 40.3 Å². The van der Waals surface area contributed by atoms with Crippen molar-refractivity contribution in [1.29, 1.82) is 0 Å². The number of unbranched alkanes of at least 4 members (excludes halogenated alkanes) is 21. The number of carboxylic acids is 1. The lowest BCUT2D eigenvalue weighted by Crippen LogP contribution is -2.44. The molecule has 63 heavy (non-hydrogen) atoms. The molecule has 0 heterocycles.